The Balaban J connectivity index is 1.80. The predicted molar refractivity (Wildman–Crippen MR) is 93.5 cm³/mol. The van der Waals surface area contributed by atoms with E-state index < -0.39 is 5.60 Å². The summed E-state index contributed by atoms with van der Waals surface area (Å²) in [6.45, 7) is 8.25. The molecule has 122 valence electrons. The molecule has 0 aromatic heterocycles. The molecule has 2 heteroatoms. The normalized spacial score (nSPS) is 29.7. The van der Waals surface area contributed by atoms with Crippen LogP contribution in [-0.2, 0) is 4.74 Å². The monoisotopic (exact) mass is 310 g/mol. The lowest BCUT2D eigenvalue weighted by Gasteiger charge is -2.37. The number of benzene rings is 1. The zero-order chi connectivity index (χ0) is 16.6. The third-order valence-electron chi connectivity index (χ3n) is 5.14. The molecule has 0 saturated heterocycles. The summed E-state index contributed by atoms with van der Waals surface area (Å²) in [7, 11) is 0. The second-order valence-corrected chi connectivity index (χ2v) is 7.48. The predicted octanol–water partition coefficient (Wildman–Crippen LogP) is 5.15. The minimum Gasteiger partial charge on any atom is -0.451 e. The van der Waals surface area contributed by atoms with Crippen LogP contribution in [0, 0.1) is 25.7 Å². The molecule has 0 bridgehead atoms. The van der Waals surface area contributed by atoms with Crippen molar-refractivity contribution in [1.82, 2.24) is 0 Å². The van der Waals surface area contributed by atoms with Crippen molar-refractivity contribution in [3.63, 3.8) is 0 Å². The second-order valence-electron chi connectivity index (χ2n) is 7.48. The number of rotatable bonds is 2. The Labute approximate surface area is 139 Å². The van der Waals surface area contributed by atoms with Gasteiger partial charge in [0.05, 0.1) is 5.56 Å². The molecule has 0 fully saturated rings. The molecule has 0 radical (unpaired) electrons. The smallest absolute Gasteiger partial charge is 0.339 e. The maximum atomic E-state index is 12.6. The summed E-state index contributed by atoms with van der Waals surface area (Å²) in [6.07, 6.45) is 9.91. The van der Waals surface area contributed by atoms with Gasteiger partial charge in [-0.15, -0.1) is 0 Å². The summed E-state index contributed by atoms with van der Waals surface area (Å²) < 4.78 is 5.92. The van der Waals surface area contributed by atoms with E-state index in [9.17, 15) is 4.79 Å². The van der Waals surface area contributed by atoms with Crippen LogP contribution in [-0.4, -0.2) is 11.6 Å². The summed E-state index contributed by atoms with van der Waals surface area (Å²) in [5.74, 6) is 0.968. The van der Waals surface area contributed by atoms with Crippen LogP contribution >= 0.6 is 0 Å². The van der Waals surface area contributed by atoms with Crippen molar-refractivity contribution < 1.29 is 9.53 Å². The summed E-state index contributed by atoms with van der Waals surface area (Å²) in [5, 5.41) is 0. The highest BCUT2D eigenvalue weighted by Gasteiger charge is 2.36. The number of aryl methyl sites for hydroxylation is 2. The molecule has 23 heavy (non-hydrogen) atoms. The molecule has 3 rings (SSSR count). The fraction of sp³-hybridized carbons (Fsp3) is 0.476. The van der Waals surface area contributed by atoms with E-state index in [0.717, 1.165) is 17.5 Å². The molecular formula is C21H26O2. The molecular weight excluding hydrogens is 284 g/mol. The zero-order valence-corrected chi connectivity index (χ0v) is 14.6. The van der Waals surface area contributed by atoms with Crippen molar-refractivity contribution in [3.05, 3.63) is 58.7 Å². The standard InChI is InChI=1S/C21H26O2/c1-14-6-8-18-13-21(4,10-9-17(18)11-14)23-20(22)19-12-15(2)5-7-16(19)3/h5,7,9-12,14,18H,6,8,13H2,1-4H3/t14-,18+,21-/m1/s1. The van der Waals surface area contributed by atoms with Gasteiger partial charge in [-0.05, 0) is 75.1 Å². The summed E-state index contributed by atoms with van der Waals surface area (Å²) in [5.41, 5.74) is 3.65. The van der Waals surface area contributed by atoms with E-state index in [1.165, 1.54) is 18.4 Å². The van der Waals surface area contributed by atoms with Crippen molar-refractivity contribution in [1.29, 1.82) is 0 Å². The first-order valence-electron chi connectivity index (χ1n) is 8.58. The minimum atomic E-state index is -0.504. The minimum absolute atomic E-state index is 0.213. The maximum absolute atomic E-state index is 12.6. The summed E-state index contributed by atoms with van der Waals surface area (Å²) >= 11 is 0. The molecule has 0 heterocycles. The Kier molecular flexibility index (Phi) is 4.18. The van der Waals surface area contributed by atoms with Gasteiger partial charge in [-0.2, -0.15) is 0 Å². The molecule has 0 aliphatic heterocycles. The second kappa shape index (κ2) is 5.99. The van der Waals surface area contributed by atoms with Gasteiger partial charge in [0.25, 0.3) is 0 Å². The first-order valence-corrected chi connectivity index (χ1v) is 8.58. The lowest BCUT2D eigenvalue weighted by atomic mass is 9.73. The Morgan fingerprint density at radius 2 is 2.04 bits per heavy atom. The fourth-order valence-corrected chi connectivity index (χ4v) is 3.72. The van der Waals surface area contributed by atoms with Crippen LogP contribution in [0.3, 0.4) is 0 Å². The number of hydrogen-bond acceptors (Lipinski definition) is 2. The van der Waals surface area contributed by atoms with Crippen LogP contribution in [0.2, 0.25) is 0 Å². The SMILES string of the molecule is Cc1ccc(C)c(C(=O)O[C@]2(C)C=CC3=C[C@H](C)CC[C@H]3C2)c1. The topological polar surface area (TPSA) is 26.3 Å². The Bertz CT molecular complexity index is 683. The highest BCUT2D eigenvalue weighted by Crippen LogP contribution is 2.40. The van der Waals surface area contributed by atoms with Crippen LogP contribution in [0.25, 0.3) is 0 Å². The molecule has 0 N–H and O–H groups in total. The number of fused-ring (bicyclic) bond motifs is 1. The van der Waals surface area contributed by atoms with Gasteiger partial charge in [0.15, 0.2) is 0 Å². The molecule has 3 atom stereocenters. The van der Waals surface area contributed by atoms with Crippen LogP contribution in [0.1, 0.15) is 54.6 Å². The Morgan fingerprint density at radius 1 is 1.26 bits per heavy atom. The van der Waals surface area contributed by atoms with Crippen LogP contribution in [0.5, 0.6) is 0 Å². The van der Waals surface area contributed by atoms with Gasteiger partial charge in [0, 0.05) is 0 Å². The molecule has 1 aromatic carbocycles. The lowest BCUT2D eigenvalue weighted by molar-refractivity contribution is 0.00107. The van der Waals surface area contributed by atoms with E-state index in [0.29, 0.717) is 17.4 Å². The van der Waals surface area contributed by atoms with Gasteiger partial charge in [0.1, 0.15) is 5.60 Å². The quantitative estimate of drug-likeness (QED) is 0.706. The van der Waals surface area contributed by atoms with Crippen molar-refractivity contribution >= 4 is 5.97 Å². The third-order valence-corrected chi connectivity index (χ3v) is 5.14. The first-order chi connectivity index (χ1) is 10.9. The number of ether oxygens (including phenoxy) is 1. The maximum Gasteiger partial charge on any atom is 0.339 e. The molecule has 0 saturated carbocycles. The molecule has 2 aliphatic rings. The summed E-state index contributed by atoms with van der Waals surface area (Å²) in [4.78, 5) is 12.6. The summed E-state index contributed by atoms with van der Waals surface area (Å²) in [6, 6.07) is 5.92. The van der Waals surface area contributed by atoms with Gasteiger partial charge < -0.3 is 4.74 Å². The molecule has 2 aliphatic carbocycles. The fourth-order valence-electron chi connectivity index (χ4n) is 3.72. The van der Waals surface area contributed by atoms with Crippen LogP contribution in [0.15, 0.2) is 42.0 Å². The number of hydrogen-bond donors (Lipinski definition) is 0. The molecule has 1 aromatic rings. The van der Waals surface area contributed by atoms with Crippen molar-refractivity contribution in [2.24, 2.45) is 11.8 Å². The van der Waals surface area contributed by atoms with Gasteiger partial charge >= 0.3 is 5.97 Å². The van der Waals surface area contributed by atoms with Gasteiger partial charge in [0.2, 0.25) is 0 Å². The van der Waals surface area contributed by atoms with Gasteiger partial charge in [-0.1, -0.05) is 36.8 Å². The van der Waals surface area contributed by atoms with Crippen LogP contribution in [0.4, 0.5) is 0 Å². The van der Waals surface area contributed by atoms with E-state index in [1.54, 1.807) is 0 Å². The van der Waals surface area contributed by atoms with Gasteiger partial charge in [-0.3, -0.25) is 0 Å². The van der Waals surface area contributed by atoms with Crippen molar-refractivity contribution in [2.45, 2.75) is 52.6 Å². The van der Waals surface area contributed by atoms with E-state index in [1.807, 2.05) is 39.0 Å². The average Bonchev–Trinajstić information content (AvgIpc) is 2.50. The first kappa shape index (κ1) is 16.0. The lowest BCUT2D eigenvalue weighted by Crippen LogP contribution is -2.36. The number of allylic oxidation sites excluding steroid dienone is 3. The Hall–Kier alpha value is -1.83. The van der Waals surface area contributed by atoms with Crippen molar-refractivity contribution in [2.75, 3.05) is 0 Å². The third kappa shape index (κ3) is 3.41. The number of esters is 1. The zero-order valence-electron chi connectivity index (χ0n) is 14.6. The molecule has 2 nitrogen and oxygen atoms in total. The average molecular weight is 310 g/mol. The molecule has 0 unspecified atom stereocenters. The van der Waals surface area contributed by atoms with Gasteiger partial charge in [-0.25, -0.2) is 4.79 Å². The van der Waals surface area contributed by atoms with Crippen molar-refractivity contribution in [3.8, 4) is 0 Å². The number of carbonyl (C=O) groups is 1. The highest BCUT2D eigenvalue weighted by molar-refractivity contribution is 5.91. The molecule has 0 amide bonds. The number of carbonyl (C=O) groups excluding carboxylic acids is 1. The molecule has 0 spiro atoms. The van der Waals surface area contributed by atoms with Crippen LogP contribution < -0.4 is 0 Å². The Morgan fingerprint density at radius 3 is 2.83 bits per heavy atom. The largest absolute Gasteiger partial charge is 0.451 e. The van der Waals surface area contributed by atoms with E-state index in [4.69, 9.17) is 4.74 Å². The highest BCUT2D eigenvalue weighted by atomic mass is 16.6. The van der Waals surface area contributed by atoms with E-state index in [-0.39, 0.29) is 5.97 Å². The van der Waals surface area contributed by atoms with E-state index >= 15 is 0 Å². The van der Waals surface area contributed by atoms with E-state index in [2.05, 4.69) is 25.2 Å².